The molecule has 0 amide bonds. The van der Waals surface area contributed by atoms with E-state index in [1.54, 1.807) is 48.8 Å². The van der Waals surface area contributed by atoms with Gasteiger partial charge in [0, 0.05) is 100 Å². The highest BCUT2D eigenvalue weighted by Gasteiger charge is 2.56. The molecule has 6 unspecified atom stereocenters. The monoisotopic (exact) mass is 836 g/mol. The van der Waals surface area contributed by atoms with Gasteiger partial charge < -0.3 is 18.9 Å². The van der Waals surface area contributed by atoms with E-state index in [1.807, 2.05) is 36.4 Å². The molecule has 10 nitrogen and oxygen atoms in total. The van der Waals surface area contributed by atoms with E-state index >= 15 is 0 Å². The third-order valence-corrected chi connectivity index (χ3v) is 12.7. The lowest BCUT2D eigenvalue weighted by atomic mass is 9.96. The average molecular weight is 839 g/mol. The first-order valence-electron chi connectivity index (χ1n) is 18.8. The number of ether oxygens (including phenoxy) is 4. The van der Waals surface area contributed by atoms with E-state index in [-0.39, 0.29) is 24.3 Å². The van der Waals surface area contributed by atoms with Gasteiger partial charge in [-0.2, -0.15) is 0 Å². The largest absolute Gasteiger partial charge is 0.490 e. The van der Waals surface area contributed by atoms with Crippen molar-refractivity contribution in [3.63, 3.8) is 0 Å². The molecular formula is C42H40Cl4N4O6. The third-order valence-electron chi connectivity index (χ3n) is 11.3. The molecule has 0 aliphatic carbocycles. The van der Waals surface area contributed by atoms with Crippen LogP contribution in [0.15, 0.2) is 97.3 Å². The summed E-state index contributed by atoms with van der Waals surface area (Å²) in [6.45, 7) is 0.983. The predicted molar refractivity (Wildman–Crippen MR) is 213 cm³/mol. The van der Waals surface area contributed by atoms with E-state index in [0.29, 0.717) is 70.4 Å². The van der Waals surface area contributed by atoms with Crippen molar-refractivity contribution in [1.29, 1.82) is 0 Å². The molecular weight excluding hydrogens is 798 g/mol. The number of benzene rings is 2. The van der Waals surface area contributed by atoms with E-state index in [0.717, 1.165) is 49.2 Å². The van der Waals surface area contributed by atoms with E-state index in [1.165, 1.54) is 0 Å². The molecule has 14 heteroatoms. The minimum atomic E-state index is -0.984. The molecule has 2 aromatic heterocycles. The molecule has 6 heterocycles. The predicted octanol–water partition coefficient (Wildman–Crippen LogP) is 9.24. The summed E-state index contributed by atoms with van der Waals surface area (Å²) in [6.07, 6.45) is 10.4. The van der Waals surface area contributed by atoms with Crippen LogP contribution in [0.5, 0.6) is 11.5 Å². The Morgan fingerprint density at radius 1 is 0.643 bits per heavy atom. The fourth-order valence-corrected chi connectivity index (χ4v) is 9.46. The number of piperidine rings is 2. The number of hydrogen-bond donors (Lipinski definition) is 0. The van der Waals surface area contributed by atoms with E-state index < -0.39 is 23.4 Å². The molecule has 292 valence electrons. The smallest absolute Gasteiger partial charge is 0.332 e. The summed E-state index contributed by atoms with van der Waals surface area (Å²) in [5.74, 6) is -0.131. The number of esters is 2. The van der Waals surface area contributed by atoms with Crippen molar-refractivity contribution in [2.45, 2.75) is 100 Å². The number of carbonyl (C=O) groups excluding carboxylic acids is 2. The molecule has 4 fully saturated rings. The molecule has 4 aliphatic heterocycles. The summed E-state index contributed by atoms with van der Waals surface area (Å²) >= 11 is 24.9. The molecule has 0 radical (unpaired) electrons. The highest BCUT2D eigenvalue weighted by Crippen LogP contribution is 2.49. The molecule has 4 aromatic rings. The maximum atomic E-state index is 13.7. The number of nitrogens with zero attached hydrogens (tertiary/aromatic N) is 4. The highest BCUT2D eigenvalue weighted by molar-refractivity contribution is 6.42. The zero-order chi connectivity index (χ0) is 38.9. The molecule has 0 saturated carbocycles. The average Bonchev–Trinajstić information content (AvgIpc) is 3.49. The first-order valence-corrected chi connectivity index (χ1v) is 20.3. The summed E-state index contributed by atoms with van der Waals surface area (Å²) in [5, 5.41) is 1.67. The Morgan fingerprint density at radius 2 is 1.09 bits per heavy atom. The van der Waals surface area contributed by atoms with Crippen LogP contribution >= 0.6 is 46.4 Å². The van der Waals surface area contributed by atoms with Gasteiger partial charge in [-0.15, -0.1) is 0 Å². The van der Waals surface area contributed by atoms with E-state index in [4.69, 9.17) is 65.4 Å². The number of carbonyl (C=O) groups is 2. The number of rotatable bonds is 12. The highest BCUT2D eigenvalue weighted by atomic mass is 35.5. The van der Waals surface area contributed by atoms with Crippen molar-refractivity contribution in [2.24, 2.45) is 0 Å². The number of halogens is 4. The molecule has 8 rings (SSSR count). The minimum absolute atomic E-state index is 0.0742. The number of hydrogen-bond acceptors (Lipinski definition) is 10. The van der Waals surface area contributed by atoms with Gasteiger partial charge in [0.2, 0.25) is 0 Å². The van der Waals surface area contributed by atoms with Gasteiger partial charge in [0.25, 0.3) is 0 Å². The lowest BCUT2D eigenvalue weighted by Crippen LogP contribution is -2.57. The second-order valence-corrected chi connectivity index (χ2v) is 16.5. The lowest BCUT2D eigenvalue weighted by Gasteiger charge is -2.46. The second-order valence-electron chi connectivity index (χ2n) is 14.9. The molecule has 0 N–H and O–H groups in total. The van der Waals surface area contributed by atoms with Crippen molar-refractivity contribution in [2.75, 3.05) is 0 Å². The molecule has 2 aromatic carbocycles. The van der Waals surface area contributed by atoms with Crippen molar-refractivity contribution < 1.29 is 28.5 Å². The second kappa shape index (κ2) is 16.5. The van der Waals surface area contributed by atoms with E-state index in [9.17, 15) is 9.59 Å². The van der Waals surface area contributed by atoms with Gasteiger partial charge in [0.1, 0.15) is 23.7 Å². The summed E-state index contributed by atoms with van der Waals surface area (Å²) in [5.41, 5.74) is -0.244. The topological polar surface area (TPSA) is 103 Å². The fraction of sp³-hybridized carbons (Fsp3) is 0.381. The van der Waals surface area contributed by atoms with Crippen LogP contribution in [0.4, 0.5) is 0 Å². The Balaban J connectivity index is 0.990. The van der Waals surface area contributed by atoms with Crippen LogP contribution in [0.3, 0.4) is 0 Å². The molecule has 0 spiro atoms. The molecule has 4 bridgehead atoms. The first-order chi connectivity index (χ1) is 27.1. The van der Waals surface area contributed by atoms with E-state index in [2.05, 4.69) is 19.8 Å². The van der Waals surface area contributed by atoms with Crippen LogP contribution in [-0.4, -0.2) is 67.4 Å². The molecule has 4 saturated heterocycles. The van der Waals surface area contributed by atoms with Gasteiger partial charge in [-0.25, -0.2) is 9.59 Å². The van der Waals surface area contributed by atoms with Gasteiger partial charge in [0.15, 0.2) is 11.4 Å². The fourth-order valence-electron chi connectivity index (χ4n) is 8.89. The summed E-state index contributed by atoms with van der Waals surface area (Å²) in [7, 11) is 0. The zero-order valence-electron chi connectivity index (χ0n) is 30.4. The van der Waals surface area contributed by atoms with Gasteiger partial charge >= 0.3 is 11.9 Å². The summed E-state index contributed by atoms with van der Waals surface area (Å²) < 4.78 is 25.5. The standard InChI is InChI=1S/C42H40Cl4N4O6/c43-35-9-7-31(21-37(35)45)53-33-19-29-13-15-41(23-33,49(29)25-27-5-1-3-17-47-27)55-39(51)11-12-40(52)56-42-16-14-30(50(42)26-28-6-2-4-18-48-28)20-34(24-42)54-32-8-10-36(44)38(46)22-32/h1-12,17-18,21-22,29-30,33-34H,13-16,19-20,23-26H2/b12-11+. The Labute approximate surface area is 345 Å². The maximum absolute atomic E-state index is 13.7. The summed E-state index contributed by atoms with van der Waals surface area (Å²) in [4.78, 5) is 40.9. The van der Waals surface area contributed by atoms with Crippen molar-refractivity contribution in [3.8, 4) is 11.5 Å². The molecule has 56 heavy (non-hydrogen) atoms. The Hall–Kier alpha value is -3.90. The van der Waals surface area contributed by atoms with Crippen molar-refractivity contribution in [1.82, 2.24) is 19.8 Å². The summed E-state index contributed by atoms with van der Waals surface area (Å²) in [6, 6.07) is 22.0. The normalized spacial score (nSPS) is 27.3. The van der Waals surface area contributed by atoms with Gasteiger partial charge in [-0.05, 0) is 61.4 Å². The van der Waals surface area contributed by atoms with Crippen LogP contribution < -0.4 is 9.47 Å². The van der Waals surface area contributed by atoms with Crippen molar-refractivity contribution in [3.05, 3.63) is 129 Å². The first kappa shape index (κ1) is 38.9. The van der Waals surface area contributed by atoms with Gasteiger partial charge in [-0.3, -0.25) is 19.8 Å². The molecule has 4 aliphatic rings. The zero-order valence-corrected chi connectivity index (χ0v) is 33.4. The van der Waals surface area contributed by atoms with Crippen molar-refractivity contribution >= 4 is 58.3 Å². The van der Waals surface area contributed by atoms with Crippen LogP contribution in [0.25, 0.3) is 0 Å². The third kappa shape index (κ3) is 8.51. The Bertz CT molecular complexity index is 1950. The number of fused-ring (bicyclic) bond motifs is 4. The minimum Gasteiger partial charge on any atom is -0.490 e. The van der Waals surface area contributed by atoms with Gasteiger partial charge in [0.05, 0.1) is 31.5 Å². The molecule has 6 atom stereocenters. The SMILES string of the molecule is O=C(/C=C/C(=O)OC12CCC(CC(Oc3ccc(Cl)c(Cl)c3)C1)N2Cc1ccccn1)OC12CCC(CC(Oc3ccc(Cl)c(Cl)c3)C1)N2Cc1ccccn1. The van der Waals surface area contributed by atoms with Crippen LogP contribution in [0.2, 0.25) is 20.1 Å². The quantitative estimate of drug-likeness (QED) is 0.101. The van der Waals surface area contributed by atoms with Gasteiger partial charge in [-0.1, -0.05) is 58.5 Å². The Kier molecular flexibility index (Phi) is 11.5. The maximum Gasteiger partial charge on any atom is 0.332 e. The Morgan fingerprint density at radius 3 is 1.48 bits per heavy atom. The van der Waals surface area contributed by atoms with Crippen LogP contribution in [0.1, 0.15) is 62.8 Å². The lowest BCUT2D eigenvalue weighted by molar-refractivity contribution is -0.196. The van der Waals surface area contributed by atoms with Crippen LogP contribution in [0, 0.1) is 0 Å². The number of pyridine rings is 2. The number of aromatic nitrogens is 2. The van der Waals surface area contributed by atoms with Crippen LogP contribution in [-0.2, 0) is 32.2 Å².